The lowest BCUT2D eigenvalue weighted by Crippen LogP contribution is -2.10. The third-order valence-electron chi connectivity index (χ3n) is 0.596. The van der Waals surface area contributed by atoms with Crippen molar-refractivity contribution in [2.75, 3.05) is 0 Å². The standard InChI is InChI=1S/C3H8O3S.CH4/c1-3(2)7(4,5)6;/h3H,1-2H3,(H,4,5,6);1H4. The summed E-state index contributed by atoms with van der Waals surface area (Å²) in [5.41, 5.74) is 0. The molecule has 0 aliphatic heterocycles. The van der Waals surface area contributed by atoms with E-state index >= 15 is 0 Å². The van der Waals surface area contributed by atoms with Crippen molar-refractivity contribution in [3.8, 4) is 0 Å². The fourth-order valence-corrected chi connectivity index (χ4v) is 0. The van der Waals surface area contributed by atoms with Gasteiger partial charge in [-0.15, -0.1) is 0 Å². The van der Waals surface area contributed by atoms with Gasteiger partial charge in [-0.2, -0.15) is 8.42 Å². The van der Waals surface area contributed by atoms with E-state index in [1.54, 1.807) is 0 Å². The first-order valence-electron chi connectivity index (χ1n) is 1.91. The molecule has 0 unspecified atom stereocenters. The quantitative estimate of drug-likeness (QED) is 0.551. The third-order valence-corrected chi connectivity index (χ3v) is 1.79. The van der Waals surface area contributed by atoms with Gasteiger partial charge in [0.25, 0.3) is 10.1 Å². The van der Waals surface area contributed by atoms with Crippen LogP contribution in [0.25, 0.3) is 0 Å². The zero-order valence-electron chi connectivity index (χ0n) is 4.25. The van der Waals surface area contributed by atoms with Gasteiger partial charge in [-0.05, 0) is 13.8 Å². The highest BCUT2D eigenvalue weighted by molar-refractivity contribution is 7.86. The molecular formula is C4H12O3S. The first kappa shape index (κ1) is 10.8. The zero-order chi connectivity index (χ0) is 6.08. The normalized spacial score (nSPS) is 11.0. The topological polar surface area (TPSA) is 54.4 Å². The van der Waals surface area contributed by atoms with E-state index in [-0.39, 0.29) is 7.43 Å². The van der Waals surface area contributed by atoms with Gasteiger partial charge in [0.15, 0.2) is 0 Å². The molecular weight excluding hydrogens is 128 g/mol. The number of hydrogen-bond acceptors (Lipinski definition) is 2. The third kappa shape index (κ3) is 4.08. The summed E-state index contributed by atoms with van der Waals surface area (Å²) in [6.07, 6.45) is 0. The molecule has 0 atom stereocenters. The molecule has 0 saturated carbocycles. The van der Waals surface area contributed by atoms with Crippen LogP contribution < -0.4 is 0 Å². The molecule has 0 fully saturated rings. The minimum atomic E-state index is -3.74. The predicted molar refractivity (Wildman–Crippen MR) is 33.4 cm³/mol. The summed E-state index contributed by atoms with van der Waals surface area (Å²) in [6.45, 7) is 2.82. The molecule has 0 radical (unpaired) electrons. The van der Waals surface area contributed by atoms with Gasteiger partial charge in [0.1, 0.15) is 0 Å². The van der Waals surface area contributed by atoms with Gasteiger partial charge >= 0.3 is 0 Å². The minimum Gasteiger partial charge on any atom is -0.285 e. The van der Waals surface area contributed by atoms with Gasteiger partial charge in [0, 0.05) is 0 Å². The fourth-order valence-electron chi connectivity index (χ4n) is 0. The first-order valence-corrected chi connectivity index (χ1v) is 3.41. The maximum absolute atomic E-state index is 9.89. The van der Waals surface area contributed by atoms with E-state index in [1.807, 2.05) is 0 Å². The van der Waals surface area contributed by atoms with Crippen molar-refractivity contribution >= 4 is 10.1 Å². The Morgan fingerprint density at radius 3 is 1.50 bits per heavy atom. The first-order chi connectivity index (χ1) is 2.94. The lowest BCUT2D eigenvalue weighted by molar-refractivity contribution is 0.473. The van der Waals surface area contributed by atoms with E-state index in [0.29, 0.717) is 0 Å². The number of hydrogen-bond donors (Lipinski definition) is 1. The predicted octanol–water partition coefficient (Wildman–Crippen LogP) is 0.919. The second-order valence-corrected chi connectivity index (χ2v) is 3.54. The Kier molecular flexibility index (Phi) is 4.11. The van der Waals surface area contributed by atoms with E-state index in [9.17, 15) is 8.42 Å². The van der Waals surface area contributed by atoms with Crippen LogP contribution in [-0.4, -0.2) is 18.2 Å². The average Bonchev–Trinajstić information content (AvgIpc) is 1.31. The molecule has 0 heterocycles. The van der Waals surface area contributed by atoms with Crippen LogP contribution in [0.5, 0.6) is 0 Å². The van der Waals surface area contributed by atoms with E-state index in [1.165, 1.54) is 13.8 Å². The Labute approximate surface area is 50.5 Å². The van der Waals surface area contributed by atoms with Crippen LogP contribution in [-0.2, 0) is 10.1 Å². The minimum absolute atomic E-state index is 0. The van der Waals surface area contributed by atoms with Crippen LogP contribution in [0.4, 0.5) is 0 Å². The molecule has 0 aromatic rings. The lowest BCUT2D eigenvalue weighted by atomic mass is 10.6. The van der Waals surface area contributed by atoms with Crippen molar-refractivity contribution in [2.45, 2.75) is 26.5 Å². The molecule has 0 amide bonds. The Hall–Kier alpha value is -0.0900. The SMILES string of the molecule is C.CC(C)S(=O)(=O)O. The molecule has 8 heavy (non-hydrogen) atoms. The molecule has 4 heteroatoms. The molecule has 52 valence electrons. The van der Waals surface area contributed by atoms with E-state index in [0.717, 1.165) is 0 Å². The van der Waals surface area contributed by atoms with Crippen LogP contribution in [0.3, 0.4) is 0 Å². The van der Waals surface area contributed by atoms with Gasteiger partial charge < -0.3 is 0 Å². The van der Waals surface area contributed by atoms with Crippen molar-refractivity contribution in [1.29, 1.82) is 0 Å². The lowest BCUT2D eigenvalue weighted by Gasteiger charge is -1.94. The van der Waals surface area contributed by atoms with Crippen LogP contribution >= 0.6 is 0 Å². The van der Waals surface area contributed by atoms with E-state index in [2.05, 4.69) is 0 Å². The van der Waals surface area contributed by atoms with Crippen molar-refractivity contribution in [2.24, 2.45) is 0 Å². The average molecular weight is 140 g/mol. The summed E-state index contributed by atoms with van der Waals surface area (Å²) in [4.78, 5) is 0. The molecule has 0 aliphatic carbocycles. The molecule has 0 aromatic carbocycles. The molecule has 1 N–H and O–H groups in total. The van der Waals surface area contributed by atoms with Crippen molar-refractivity contribution in [3.63, 3.8) is 0 Å². The van der Waals surface area contributed by atoms with Crippen LogP contribution in [0.2, 0.25) is 0 Å². The monoisotopic (exact) mass is 140 g/mol. The highest BCUT2D eigenvalue weighted by Crippen LogP contribution is 1.91. The summed E-state index contributed by atoms with van der Waals surface area (Å²) >= 11 is 0. The molecule has 0 aromatic heterocycles. The van der Waals surface area contributed by atoms with Gasteiger partial charge in [-0.3, -0.25) is 4.55 Å². The zero-order valence-corrected chi connectivity index (χ0v) is 5.07. The Balaban J connectivity index is 0. The Morgan fingerprint density at radius 2 is 1.50 bits per heavy atom. The molecule has 0 saturated heterocycles. The highest BCUT2D eigenvalue weighted by Gasteiger charge is 2.08. The summed E-state index contributed by atoms with van der Waals surface area (Å²) in [5, 5.41) is -0.674. The molecule has 0 rings (SSSR count). The summed E-state index contributed by atoms with van der Waals surface area (Å²) in [7, 11) is -3.74. The maximum Gasteiger partial charge on any atom is 0.267 e. The molecule has 0 bridgehead atoms. The second kappa shape index (κ2) is 3.04. The Bertz CT molecular complexity index is 133. The summed E-state index contributed by atoms with van der Waals surface area (Å²) in [6, 6.07) is 0. The summed E-state index contributed by atoms with van der Waals surface area (Å²) < 4.78 is 27.8. The van der Waals surface area contributed by atoms with Gasteiger partial charge in [-0.25, -0.2) is 0 Å². The largest absolute Gasteiger partial charge is 0.285 e. The number of rotatable bonds is 1. The molecule has 0 aliphatic rings. The van der Waals surface area contributed by atoms with Crippen molar-refractivity contribution in [1.82, 2.24) is 0 Å². The van der Waals surface area contributed by atoms with Gasteiger partial charge in [0.05, 0.1) is 5.25 Å². The second-order valence-electron chi connectivity index (χ2n) is 1.56. The highest BCUT2D eigenvalue weighted by atomic mass is 32.2. The van der Waals surface area contributed by atoms with Gasteiger partial charge in [0.2, 0.25) is 0 Å². The summed E-state index contributed by atoms with van der Waals surface area (Å²) in [5.74, 6) is 0. The van der Waals surface area contributed by atoms with Crippen molar-refractivity contribution < 1.29 is 13.0 Å². The van der Waals surface area contributed by atoms with Crippen LogP contribution in [0, 0.1) is 0 Å². The van der Waals surface area contributed by atoms with Gasteiger partial charge in [-0.1, -0.05) is 7.43 Å². The fraction of sp³-hybridized carbons (Fsp3) is 1.00. The van der Waals surface area contributed by atoms with E-state index in [4.69, 9.17) is 4.55 Å². The maximum atomic E-state index is 9.89. The van der Waals surface area contributed by atoms with Crippen LogP contribution in [0.15, 0.2) is 0 Å². The van der Waals surface area contributed by atoms with E-state index < -0.39 is 15.4 Å². The smallest absolute Gasteiger partial charge is 0.267 e. The van der Waals surface area contributed by atoms with Crippen molar-refractivity contribution in [3.05, 3.63) is 0 Å². The molecule has 3 nitrogen and oxygen atoms in total. The van der Waals surface area contributed by atoms with Crippen LogP contribution in [0.1, 0.15) is 21.3 Å². The molecule has 0 spiro atoms. The Morgan fingerprint density at radius 1 is 1.38 bits per heavy atom.